The highest BCUT2D eigenvalue weighted by Crippen LogP contribution is 2.37. The van der Waals surface area contributed by atoms with Crippen molar-refractivity contribution in [3.8, 4) is 0 Å². The average molecular weight is 152 g/mol. The second-order valence-corrected chi connectivity index (χ2v) is 3.60. The first-order valence-corrected chi connectivity index (χ1v) is 4.03. The van der Waals surface area contributed by atoms with Crippen LogP contribution in [-0.2, 0) is 4.74 Å². The highest BCUT2D eigenvalue weighted by atomic mass is 16.6. The molecule has 0 N–H and O–H groups in total. The van der Waals surface area contributed by atoms with Crippen LogP contribution in [0.25, 0.3) is 0 Å². The van der Waals surface area contributed by atoms with Crippen molar-refractivity contribution in [2.45, 2.75) is 38.9 Å². The topological polar surface area (TPSA) is 12.5 Å². The SMILES string of the molecule is C=C/C(C)=C\C[C@@H]1OC1(C)C. The van der Waals surface area contributed by atoms with E-state index in [4.69, 9.17) is 4.74 Å². The molecule has 62 valence electrons. The monoisotopic (exact) mass is 152 g/mol. The van der Waals surface area contributed by atoms with Gasteiger partial charge < -0.3 is 4.74 Å². The third kappa shape index (κ3) is 2.19. The molecule has 1 rings (SSSR count). The number of rotatable bonds is 3. The maximum atomic E-state index is 5.42. The predicted molar refractivity (Wildman–Crippen MR) is 47.5 cm³/mol. The minimum Gasteiger partial charge on any atom is -0.366 e. The number of epoxide rings is 1. The summed E-state index contributed by atoms with van der Waals surface area (Å²) in [6.07, 6.45) is 5.49. The molecule has 0 bridgehead atoms. The lowest BCUT2D eigenvalue weighted by molar-refractivity contribution is 0.324. The Hall–Kier alpha value is -0.560. The molecule has 1 fully saturated rings. The summed E-state index contributed by atoms with van der Waals surface area (Å²) >= 11 is 0. The molecule has 0 aromatic heterocycles. The average Bonchev–Trinajstić information content (AvgIpc) is 2.54. The van der Waals surface area contributed by atoms with Crippen molar-refractivity contribution < 1.29 is 4.74 Å². The van der Waals surface area contributed by atoms with Crippen molar-refractivity contribution >= 4 is 0 Å². The second-order valence-electron chi connectivity index (χ2n) is 3.60. The molecule has 1 heterocycles. The lowest BCUT2D eigenvalue weighted by Crippen LogP contribution is -2.01. The summed E-state index contributed by atoms with van der Waals surface area (Å²) in [5.74, 6) is 0. The Labute approximate surface area is 68.8 Å². The first kappa shape index (κ1) is 8.54. The van der Waals surface area contributed by atoms with Gasteiger partial charge in [0.25, 0.3) is 0 Å². The number of ether oxygens (including phenoxy) is 1. The van der Waals surface area contributed by atoms with E-state index in [9.17, 15) is 0 Å². The summed E-state index contributed by atoms with van der Waals surface area (Å²) < 4.78 is 5.42. The van der Waals surface area contributed by atoms with Crippen molar-refractivity contribution in [1.82, 2.24) is 0 Å². The molecule has 1 saturated heterocycles. The van der Waals surface area contributed by atoms with Crippen LogP contribution >= 0.6 is 0 Å². The van der Waals surface area contributed by atoms with Crippen molar-refractivity contribution in [1.29, 1.82) is 0 Å². The molecule has 0 spiro atoms. The highest BCUT2D eigenvalue weighted by molar-refractivity contribution is 5.14. The number of hydrogen-bond donors (Lipinski definition) is 0. The van der Waals surface area contributed by atoms with E-state index in [0.29, 0.717) is 6.10 Å². The van der Waals surface area contributed by atoms with E-state index >= 15 is 0 Å². The maximum Gasteiger partial charge on any atom is 0.0902 e. The third-order valence-corrected chi connectivity index (χ3v) is 2.14. The molecule has 0 aromatic carbocycles. The summed E-state index contributed by atoms with van der Waals surface area (Å²) in [6, 6.07) is 0. The molecule has 0 saturated carbocycles. The summed E-state index contributed by atoms with van der Waals surface area (Å²) in [5, 5.41) is 0. The normalized spacial score (nSPS) is 28.3. The van der Waals surface area contributed by atoms with E-state index < -0.39 is 0 Å². The van der Waals surface area contributed by atoms with Crippen LogP contribution < -0.4 is 0 Å². The van der Waals surface area contributed by atoms with E-state index in [0.717, 1.165) is 6.42 Å². The minimum atomic E-state index is 0.123. The number of allylic oxidation sites excluding steroid dienone is 2. The van der Waals surface area contributed by atoms with Gasteiger partial charge in [-0.3, -0.25) is 0 Å². The van der Waals surface area contributed by atoms with E-state index in [2.05, 4.69) is 33.4 Å². The van der Waals surface area contributed by atoms with E-state index in [1.165, 1.54) is 5.57 Å². The van der Waals surface area contributed by atoms with Gasteiger partial charge in [0.2, 0.25) is 0 Å². The molecule has 0 unspecified atom stereocenters. The fraction of sp³-hybridized carbons (Fsp3) is 0.600. The van der Waals surface area contributed by atoms with Crippen LogP contribution in [0.2, 0.25) is 0 Å². The Kier molecular flexibility index (Phi) is 2.19. The van der Waals surface area contributed by atoms with Gasteiger partial charge in [-0.05, 0) is 27.2 Å². The lowest BCUT2D eigenvalue weighted by Gasteiger charge is -1.92. The van der Waals surface area contributed by atoms with Gasteiger partial charge in [0.15, 0.2) is 0 Å². The van der Waals surface area contributed by atoms with Crippen LogP contribution in [0.1, 0.15) is 27.2 Å². The fourth-order valence-electron chi connectivity index (χ4n) is 1.04. The summed E-state index contributed by atoms with van der Waals surface area (Å²) in [5.41, 5.74) is 1.36. The van der Waals surface area contributed by atoms with E-state index in [1.54, 1.807) is 0 Å². The van der Waals surface area contributed by atoms with Crippen molar-refractivity contribution in [3.63, 3.8) is 0 Å². The summed E-state index contributed by atoms with van der Waals surface area (Å²) in [7, 11) is 0. The molecule has 0 aromatic rings. The van der Waals surface area contributed by atoms with Crippen LogP contribution in [0, 0.1) is 0 Å². The van der Waals surface area contributed by atoms with Gasteiger partial charge in [0, 0.05) is 0 Å². The van der Waals surface area contributed by atoms with Gasteiger partial charge >= 0.3 is 0 Å². The van der Waals surface area contributed by atoms with Gasteiger partial charge in [-0.15, -0.1) is 0 Å². The lowest BCUT2D eigenvalue weighted by atomic mass is 10.1. The molecule has 1 aliphatic rings. The fourth-order valence-corrected chi connectivity index (χ4v) is 1.04. The minimum absolute atomic E-state index is 0.123. The summed E-state index contributed by atoms with van der Waals surface area (Å²) in [4.78, 5) is 0. The van der Waals surface area contributed by atoms with Gasteiger partial charge in [-0.2, -0.15) is 0 Å². The zero-order valence-corrected chi connectivity index (χ0v) is 7.55. The van der Waals surface area contributed by atoms with Crippen molar-refractivity contribution in [3.05, 3.63) is 24.3 Å². The Bertz CT molecular complexity index is 189. The largest absolute Gasteiger partial charge is 0.366 e. The molecule has 1 aliphatic heterocycles. The Morgan fingerprint density at radius 3 is 2.55 bits per heavy atom. The second kappa shape index (κ2) is 2.82. The quantitative estimate of drug-likeness (QED) is 0.447. The van der Waals surface area contributed by atoms with Crippen LogP contribution in [0.15, 0.2) is 24.3 Å². The molecule has 0 aliphatic carbocycles. The Morgan fingerprint density at radius 1 is 1.64 bits per heavy atom. The van der Waals surface area contributed by atoms with Gasteiger partial charge in [-0.25, -0.2) is 0 Å². The van der Waals surface area contributed by atoms with E-state index in [-0.39, 0.29) is 5.60 Å². The van der Waals surface area contributed by atoms with Crippen LogP contribution in [-0.4, -0.2) is 11.7 Å². The third-order valence-electron chi connectivity index (χ3n) is 2.14. The molecule has 1 atom stereocenters. The highest BCUT2D eigenvalue weighted by Gasteiger charge is 2.46. The predicted octanol–water partition coefficient (Wildman–Crippen LogP) is 2.69. The van der Waals surface area contributed by atoms with Gasteiger partial charge in [-0.1, -0.05) is 24.3 Å². The molecule has 0 radical (unpaired) electrons. The summed E-state index contributed by atoms with van der Waals surface area (Å²) in [6.45, 7) is 9.98. The molecule has 11 heavy (non-hydrogen) atoms. The first-order chi connectivity index (χ1) is 5.06. The van der Waals surface area contributed by atoms with Crippen LogP contribution in [0.5, 0.6) is 0 Å². The van der Waals surface area contributed by atoms with Crippen molar-refractivity contribution in [2.24, 2.45) is 0 Å². The van der Waals surface area contributed by atoms with Crippen LogP contribution in [0.4, 0.5) is 0 Å². The van der Waals surface area contributed by atoms with Crippen LogP contribution in [0.3, 0.4) is 0 Å². The molecular formula is C10H16O. The molecule has 1 nitrogen and oxygen atoms in total. The van der Waals surface area contributed by atoms with Gasteiger partial charge in [0.1, 0.15) is 0 Å². The number of hydrogen-bond acceptors (Lipinski definition) is 1. The zero-order valence-electron chi connectivity index (χ0n) is 7.55. The van der Waals surface area contributed by atoms with Gasteiger partial charge in [0.05, 0.1) is 11.7 Å². The molecule has 0 amide bonds. The van der Waals surface area contributed by atoms with Crippen molar-refractivity contribution in [2.75, 3.05) is 0 Å². The maximum absolute atomic E-state index is 5.42. The first-order valence-electron chi connectivity index (χ1n) is 4.03. The Balaban J connectivity index is 2.30. The smallest absolute Gasteiger partial charge is 0.0902 e. The standard InChI is InChI=1S/C10H16O/c1-5-8(2)6-7-9-10(3,4)11-9/h5-6,9H,1,7H2,2-4H3/b8-6-/t9-/m0/s1. The molecular weight excluding hydrogens is 136 g/mol. The Morgan fingerprint density at radius 2 is 2.18 bits per heavy atom. The molecule has 1 heteroatoms. The van der Waals surface area contributed by atoms with E-state index in [1.807, 2.05) is 6.08 Å². The zero-order chi connectivity index (χ0) is 8.48.